The Bertz CT molecular complexity index is 590. The van der Waals surface area contributed by atoms with E-state index in [1.807, 2.05) is 36.6 Å². The molecular formula is C14H19N3O2. The van der Waals surface area contributed by atoms with Crippen LogP contribution in [0.2, 0.25) is 0 Å². The molecule has 0 aliphatic heterocycles. The van der Waals surface area contributed by atoms with Crippen molar-refractivity contribution in [1.82, 2.24) is 14.7 Å². The molecule has 2 aromatic rings. The van der Waals surface area contributed by atoms with Crippen LogP contribution in [0.1, 0.15) is 35.1 Å². The maximum atomic E-state index is 12.2. The van der Waals surface area contributed by atoms with E-state index in [0.717, 1.165) is 16.9 Å². The zero-order valence-corrected chi connectivity index (χ0v) is 11.3. The molecule has 0 fully saturated rings. The maximum absolute atomic E-state index is 12.2. The predicted molar refractivity (Wildman–Crippen MR) is 73.3 cm³/mol. The minimum atomic E-state index is -0.137. The molecule has 2 heterocycles. The Kier molecular flexibility index (Phi) is 4.16. The molecule has 0 aliphatic rings. The number of carbonyl (C=O) groups excluding carboxylic acids is 1. The lowest BCUT2D eigenvalue weighted by Crippen LogP contribution is -2.27. The van der Waals surface area contributed by atoms with Crippen molar-refractivity contribution in [3.8, 4) is 0 Å². The van der Waals surface area contributed by atoms with Gasteiger partial charge in [-0.05, 0) is 37.5 Å². The highest BCUT2D eigenvalue weighted by Crippen LogP contribution is 2.14. The van der Waals surface area contributed by atoms with E-state index in [9.17, 15) is 4.79 Å². The molecule has 5 heteroatoms. The van der Waals surface area contributed by atoms with Crippen molar-refractivity contribution in [3.05, 3.63) is 35.3 Å². The van der Waals surface area contributed by atoms with Gasteiger partial charge >= 0.3 is 0 Å². The number of amides is 1. The molecule has 0 bridgehead atoms. The Hall–Kier alpha value is -1.88. The lowest BCUT2D eigenvalue weighted by atomic mass is 10.2. The zero-order chi connectivity index (χ0) is 13.8. The van der Waals surface area contributed by atoms with Crippen molar-refractivity contribution in [2.75, 3.05) is 13.2 Å². The van der Waals surface area contributed by atoms with Crippen LogP contribution in [0.5, 0.6) is 0 Å². The number of rotatable bonds is 5. The average molecular weight is 261 g/mol. The van der Waals surface area contributed by atoms with Crippen LogP contribution >= 0.6 is 0 Å². The summed E-state index contributed by atoms with van der Waals surface area (Å²) in [4.78, 5) is 16.7. The van der Waals surface area contributed by atoms with Gasteiger partial charge in [0.15, 0.2) is 0 Å². The number of nitrogens with zero attached hydrogens (tertiary/aromatic N) is 2. The van der Waals surface area contributed by atoms with Crippen LogP contribution in [-0.2, 0) is 6.42 Å². The fourth-order valence-corrected chi connectivity index (χ4v) is 2.05. The van der Waals surface area contributed by atoms with Gasteiger partial charge in [-0.3, -0.25) is 9.20 Å². The maximum Gasteiger partial charge on any atom is 0.270 e. The topological polar surface area (TPSA) is 66.6 Å². The second kappa shape index (κ2) is 5.84. The summed E-state index contributed by atoms with van der Waals surface area (Å²) in [5, 5.41) is 11.6. The van der Waals surface area contributed by atoms with Crippen molar-refractivity contribution in [3.63, 3.8) is 0 Å². The smallest absolute Gasteiger partial charge is 0.270 e. The van der Waals surface area contributed by atoms with E-state index in [-0.39, 0.29) is 12.5 Å². The van der Waals surface area contributed by atoms with Gasteiger partial charge in [0.25, 0.3) is 5.91 Å². The lowest BCUT2D eigenvalue weighted by molar-refractivity contribution is 0.0944. The van der Waals surface area contributed by atoms with Crippen LogP contribution in [0.4, 0.5) is 0 Å². The van der Waals surface area contributed by atoms with Crippen LogP contribution < -0.4 is 5.32 Å². The summed E-state index contributed by atoms with van der Waals surface area (Å²) in [5.74, 6) is -0.137. The molecule has 2 aromatic heterocycles. The van der Waals surface area contributed by atoms with Crippen molar-refractivity contribution in [1.29, 1.82) is 0 Å². The van der Waals surface area contributed by atoms with E-state index in [4.69, 9.17) is 5.11 Å². The van der Waals surface area contributed by atoms with Gasteiger partial charge in [0, 0.05) is 19.3 Å². The second-order valence-electron chi connectivity index (χ2n) is 4.53. The monoisotopic (exact) mass is 261 g/mol. The van der Waals surface area contributed by atoms with E-state index in [1.165, 1.54) is 0 Å². The third kappa shape index (κ3) is 2.76. The number of aryl methyl sites for hydroxylation is 2. The summed E-state index contributed by atoms with van der Waals surface area (Å²) < 4.78 is 1.82. The van der Waals surface area contributed by atoms with Crippen molar-refractivity contribution < 1.29 is 9.90 Å². The number of imidazole rings is 1. The highest BCUT2D eigenvalue weighted by Gasteiger charge is 2.17. The molecule has 0 saturated carbocycles. The molecule has 0 unspecified atom stereocenters. The quantitative estimate of drug-likeness (QED) is 0.798. The van der Waals surface area contributed by atoms with Gasteiger partial charge in [-0.25, -0.2) is 4.98 Å². The highest BCUT2D eigenvalue weighted by molar-refractivity contribution is 5.94. The summed E-state index contributed by atoms with van der Waals surface area (Å²) in [7, 11) is 0. The van der Waals surface area contributed by atoms with Gasteiger partial charge in [0.1, 0.15) is 11.3 Å². The molecule has 0 spiro atoms. The first-order valence-corrected chi connectivity index (χ1v) is 6.54. The minimum Gasteiger partial charge on any atom is -0.396 e. The molecule has 0 aromatic carbocycles. The molecule has 5 nitrogen and oxygen atoms in total. The molecule has 19 heavy (non-hydrogen) atoms. The standard InChI is InChI=1S/C14H19N3O2/c1-3-11-13(14(19)15-6-4-8-18)17-7-5-10(2)9-12(17)16-11/h5,7,9,18H,3-4,6,8H2,1-2H3,(H,15,19). The molecule has 0 atom stereocenters. The van der Waals surface area contributed by atoms with E-state index in [2.05, 4.69) is 10.3 Å². The SMILES string of the molecule is CCc1nc2cc(C)ccn2c1C(=O)NCCCO. The Morgan fingerprint density at radius 2 is 2.32 bits per heavy atom. The van der Waals surface area contributed by atoms with Gasteiger partial charge in [-0.1, -0.05) is 6.92 Å². The molecule has 0 aliphatic carbocycles. The van der Waals surface area contributed by atoms with E-state index >= 15 is 0 Å². The first kappa shape index (κ1) is 13.5. The number of hydrogen-bond acceptors (Lipinski definition) is 3. The summed E-state index contributed by atoms with van der Waals surface area (Å²) in [6.45, 7) is 4.53. The van der Waals surface area contributed by atoms with Crippen LogP contribution in [-0.4, -0.2) is 33.6 Å². The molecule has 2 rings (SSSR count). The molecule has 2 N–H and O–H groups in total. The summed E-state index contributed by atoms with van der Waals surface area (Å²) in [6, 6.07) is 3.92. The number of carbonyl (C=O) groups is 1. The third-order valence-electron chi connectivity index (χ3n) is 3.02. The number of aromatic nitrogens is 2. The number of aliphatic hydroxyl groups excluding tert-OH is 1. The fourth-order valence-electron chi connectivity index (χ4n) is 2.05. The highest BCUT2D eigenvalue weighted by atomic mass is 16.3. The van der Waals surface area contributed by atoms with Crippen LogP contribution in [0.3, 0.4) is 0 Å². The fraction of sp³-hybridized carbons (Fsp3) is 0.429. The zero-order valence-electron chi connectivity index (χ0n) is 11.3. The normalized spacial score (nSPS) is 10.9. The van der Waals surface area contributed by atoms with Gasteiger partial charge in [-0.2, -0.15) is 0 Å². The number of nitrogens with one attached hydrogen (secondary N) is 1. The third-order valence-corrected chi connectivity index (χ3v) is 3.02. The van der Waals surface area contributed by atoms with Crippen LogP contribution in [0, 0.1) is 6.92 Å². The second-order valence-corrected chi connectivity index (χ2v) is 4.53. The molecule has 0 radical (unpaired) electrons. The molecule has 1 amide bonds. The van der Waals surface area contributed by atoms with Gasteiger partial charge in [0.05, 0.1) is 5.69 Å². The number of pyridine rings is 1. The Labute approximate surface area is 112 Å². The number of hydrogen-bond donors (Lipinski definition) is 2. The number of fused-ring (bicyclic) bond motifs is 1. The lowest BCUT2D eigenvalue weighted by Gasteiger charge is -2.05. The van der Waals surface area contributed by atoms with Gasteiger partial charge in [0.2, 0.25) is 0 Å². The number of aliphatic hydroxyl groups is 1. The van der Waals surface area contributed by atoms with E-state index < -0.39 is 0 Å². The minimum absolute atomic E-state index is 0.0766. The summed E-state index contributed by atoms with van der Waals surface area (Å²) >= 11 is 0. The summed E-state index contributed by atoms with van der Waals surface area (Å²) in [5.41, 5.74) is 3.30. The van der Waals surface area contributed by atoms with Crippen LogP contribution in [0.25, 0.3) is 5.65 Å². The first-order valence-electron chi connectivity index (χ1n) is 6.54. The Morgan fingerprint density at radius 3 is 3.00 bits per heavy atom. The van der Waals surface area contributed by atoms with E-state index in [1.54, 1.807) is 0 Å². The largest absolute Gasteiger partial charge is 0.396 e. The summed E-state index contributed by atoms with van der Waals surface area (Å²) in [6.07, 6.45) is 3.14. The van der Waals surface area contributed by atoms with Gasteiger partial charge < -0.3 is 10.4 Å². The first-order chi connectivity index (χ1) is 9.17. The van der Waals surface area contributed by atoms with Crippen molar-refractivity contribution in [2.45, 2.75) is 26.7 Å². The van der Waals surface area contributed by atoms with E-state index in [0.29, 0.717) is 25.1 Å². The molecular weight excluding hydrogens is 242 g/mol. The average Bonchev–Trinajstić information content (AvgIpc) is 2.76. The molecule has 0 saturated heterocycles. The molecule has 102 valence electrons. The Balaban J connectivity index is 2.37. The van der Waals surface area contributed by atoms with Gasteiger partial charge in [-0.15, -0.1) is 0 Å². The predicted octanol–water partition coefficient (Wildman–Crippen LogP) is 1.32. The Morgan fingerprint density at radius 1 is 1.53 bits per heavy atom. The van der Waals surface area contributed by atoms with Crippen molar-refractivity contribution in [2.24, 2.45) is 0 Å². The van der Waals surface area contributed by atoms with Crippen molar-refractivity contribution >= 4 is 11.6 Å². The van der Waals surface area contributed by atoms with Crippen LogP contribution in [0.15, 0.2) is 18.3 Å².